The highest BCUT2D eigenvalue weighted by Crippen LogP contribution is 2.46. The highest BCUT2D eigenvalue weighted by molar-refractivity contribution is 6.34. The minimum atomic E-state index is -0.866. The summed E-state index contributed by atoms with van der Waals surface area (Å²) in [4.78, 5) is 28.7. The van der Waals surface area contributed by atoms with Crippen LogP contribution in [0.5, 0.6) is 5.75 Å². The number of carbonyl (C=O) groups excluding carboxylic acids is 2. The van der Waals surface area contributed by atoms with E-state index in [9.17, 15) is 14.0 Å². The molecule has 154 valence electrons. The quantitative estimate of drug-likeness (QED) is 0.592. The van der Waals surface area contributed by atoms with Crippen molar-refractivity contribution in [2.24, 2.45) is 0 Å². The van der Waals surface area contributed by atoms with Crippen molar-refractivity contribution in [3.8, 4) is 17.0 Å². The van der Waals surface area contributed by atoms with E-state index >= 15 is 0 Å². The summed E-state index contributed by atoms with van der Waals surface area (Å²) in [5.74, 6) is -2.06. The van der Waals surface area contributed by atoms with Crippen molar-refractivity contribution < 1.29 is 23.5 Å². The van der Waals surface area contributed by atoms with Crippen LogP contribution in [0.15, 0.2) is 36.4 Å². The average molecular weight is 429 g/mol. The number of aromatic amines is 1. The number of para-hydroxylation sites is 1. The van der Waals surface area contributed by atoms with Gasteiger partial charge in [-0.2, -0.15) is 0 Å². The maximum absolute atomic E-state index is 14.9. The molecule has 2 N–H and O–H groups in total. The molecule has 3 aromatic rings. The molecule has 0 fully saturated rings. The standard InChI is InChI=1S/C22H18ClFN2O4/c1-10-16(22(28)30-3)18(17-13-5-4-6-14(23)19(13)26-21(17)27)20(25-10)12-8-7-11(29-2)9-15(12)24/h4-9,17,25H,1-3H3,(H,26,27)/t17-/m1/s1. The minimum absolute atomic E-state index is 0.190. The van der Waals surface area contributed by atoms with Gasteiger partial charge in [0.2, 0.25) is 5.91 Å². The summed E-state index contributed by atoms with van der Waals surface area (Å²) in [6, 6.07) is 9.52. The van der Waals surface area contributed by atoms with Crippen LogP contribution in [0.2, 0.25) is 5.02 Å². The molecule has 0 bridgehead atoms. The molecule has 30 heavy (non-hydrogen) atoms. The topological polar surface area (TPSA) is 80.4 Å². The molecule has 0 radical (unpaired) electrons. The average Bonchev–Trinajstić information content (AvgIpc) is 3.23. The van der Waals surface area contributed by atoms with Crippen molar-refractivity contribution in [1.29, 1.82) is 0 Å². The molecule has 0 spiro atoms. The zero-order chi connectivity index (χ0) is 21.6. The molecule has 1 amide bonds. The minimum Gasteiger partial charge on any atom is -0.497 e. The van der Waals surface area contributed by atoms with Gasteiger partial charge in [-0.1, -0.05) is 23.7 Å². The Hall–Kier alpha value is -3.32. The van der Waals surface area contributed by atoms with E-state index < -0.39 is 17.7 Å². The normalized spacial score (nSPS) is 15.0. The van der Waals surface area contributed by atoms with Crippen LogP contribution < -0.4 is 10.1 Å². The number of H-pyrrole nitrogens is 1. The van der Waals surface area contributed by atoms with Gasteiger partial charge in [-0.25, -0.2) is 9.18 Å². The number of benzene rings is 2. The number of hydrogen-bond acceptors (Lipinski definition) is 4. The van der Waals surface area contributed by atoms with Crippen LogP contribution in [0, 0.1) is 12.7 Å². The van der Waals surface area contributed by atoms with Crippen LogP contribution in [-0.4, -0.2) is 31.1 Å². The molecule has 1 aliphatic heterocycles. The number of fused-ring (bicyclic) bond motifs is 1. The Morgan fingerprint density at radius 1 is 1.20 bits per heavy atom. The lowest BCUT2D eigenvalue weighted by Gasteiger charge is -2.14. The first-order chi connectivity index (χ1) is 14.4. The summed E-state index contributed by atoms with van der Waals surface area (Å²) in [7, 11) is 2.70. The first kappa shape index (κ1) is 20.0. The monoisotopic (exact) mass is 428 g/mol. The number of anilines is 1. The molecular weight excluding hydrogens is 411 g/mol. The predicted octanol–water partition coefficient (Wildman–Crippen LogP) is 4.66. The second kappa shape index (κ2) is 7.50. The van der Waals surface area contributed by atoms with E-state index in [4.69, 9.17) is 21.1 Å². The summed E-state index contributed by atoms with van der Waals surface area (Å²) >= 11 is 6.25. The molecule has 0 saturated carbocycles. The van der Waals surface area contributed by atoms with E-state index in [0.29, 0.717) is 39.0 Å². The Labute approximate surface area is 177 Å². The van der Waals surface area contributed by atoms with Crippen molar-refractivity contribution in [3.05, 3.63) is 69.6 Å². The van der Waals surface area contributed by atoms with Crippen LogP contribution in [0.1, 0.15) is 33.1 Å². The number of ether oxygens (including phenoxy) is 2. The van der Waals surface area contributed by atoms with Gasteiger partial charge in [-0.3, -0.25) is 4.79 Å². The van der Waals surface area contributed by atoms with Gasteiger partial charge in [-0.05, 0) is 30.7 Å². The van der Waals surface area contributed by atoms with E-state index in [-0.39, 0.29) is 17.0 Å². The van der Waals surface area contributed by atoms with E-state index in [0.717, 1.165) is 0 Å². The molecule has 1 aromatic heterocycles. The third-order valence-corrected chi connectivity index (χ3v) is 5.53. The van der Waals surface area contributed by atoms with Gasteiger partial charge in [0.05, 0.1) is 42.1 Å². The number of rotatable bonds is 4. The highest BCUT2D eigenvalue weighted by atomic mass is 35.5. The fourth-order valence-corrected chi connectivity index (χ4v) is 4.10. The molecule has 0 unspecified atom stereocenters. The van der Waals surface area contributed by atoms with Crippen LogP contribution in [0.4, 0.5) is 10.1 Å². The van der Waals surface area contributed by atoms with Gasteiger partial charge < -0.3 is 19.8 Å². The summed E-state index contributed by atoms with van der Waals surface area (Å²) in [5, 5.41) is 3.15. The van der Waals surface area contributed by atoms with E-state index in [1.807, 2.05) is 0 Å². The van der Waals surface area contributed by atoms with Gasteiger partial charge in [0.25, 0.3) is 0 Å². The van der Waals surface area contributed by atoms with Gasteiger partial charge in [-0.15, -0.1) is 0 Å². The summed E-state index contributed by atoms with van der Waals surface area (Å²) < 4.78 is 25.0. The van der Waals surface area contributed by atoms with E-state index in [1.54, 1.807) is 31.2 Å². The number of aryl methyl sites for hydroxylation is 1. The van der Waals surface area contributed by atoms with Crippen LogP contribution in [0.3, 0.4) is 0 Å². The maximum Gasteiger partial charge on any atom is 0.340 e. The van der Waals surface area contributed by atoms with Crippen molar-refractivity contribution in [2.45, 2.75) is 12.8 Å². The predicted molar refractivity (Wildman–Crippen MR) is 111 cm³/mol. The Morgan fingerprint density at radius 3 is 2.63 bits per heavy atom. The molecule has 0 saturated heterocycles. The molecule has 1 aliphatic rings. The van der Waals surface area contributed by atoms with Crippen molar-refractivity contribution in [3.63, 3.8) is 0 Å². The zero-order valence-corrected chi connectivity index (χ0v) is 17.2. The van der Waals surface area contributed by atoms with Crippen molar-refractivity contribution in [1.82, 2.24) is 4.98 Å². The Kier molecular flexibility index (Phi) is 4.99. The van der Waals surface area contributed by atoms with Crippen LogP contribution in [-0.2, 0) is 9.53 Å². The van der Waals surface area contributed by atoms with E-state index in [1.165, 1.54) is 26.4 Å². The van der Waals surface area contributed by atoms with Gasteiger partial charge >= 0.3 is 5.97 Å². The summed E-state index contributed by atoms with van der Waals surface area (Å²) in [6.45, 7) is 1.67. The lowest BCUT2D eigenvalue weighted by atomic mass is 9.87. The molecule has 1 atom stereocenters. The number of halogens is 2. The number of hydrogen-bond donors (Lipinski definition) is 2. The van der Waals surface area contributed by atoms with Crippen LogP contribution >= 0.6 is 11.6 Å². The molecule has 8 heteroatoms. The molecule has 2 aromatic carbocycles. The first-order valence-electron chi connectivity index (χ1n) is 9.11. The Bertz CT molecular complexity index is 1190. The fraction of sp³-hybridized carbons (Fsp3) is 0.182. The lowest BCUT2D eigenvalue weighted by Crippen LogP contribution is -2.17. The SMILES string of the molecule is COC(=O)c1c(C)[nH]c(-c2ccc(OC)cc2F)c1[C@@H]1C(=O)Nc2c(Cl)cccc21. The first-order valence-corrected chi connectivity index (χ1v) is 9.49. The van der Waals surface area contributed by atoms with Gasteiger partial charge in [0, 0.05) is 22.9 Å². The number of esters is 1. The number of nitrogens with one attached hydrogen (secondary N) is 2. The molecule has 2 heterocycles. The smallest absolute Gasteiger partial charge is 0.340 e. The lowest BCUT2D eigenvalue weighted by molar-refractivity contribution is -0.116. The number of methoxy groups -OCH3 is 2. The summed E-state index contributed by atoms with van der Waals surface area (Å²) in [5.41, 5.74) is 2.59. The third kappa shape index (κ3) is 3.02. The third-order valence-electron chi connectivity index (χ3n) is 5.22. The highest BCUT2D eigenvalue weighted by Gasteiger charge is 2.39. The largest absolute Gasteiger partial charge is 0.497 e. The zero-order valence-electron chi connectivity index (χ0n) is 16.4. The number of aromatic nitrogens is 1. The molecule has 0 aliphatic carbocycles. The molecular formula is C22H18ClFN2O4. The van der Waals surface area contributed by atoms with Crippen LogP contribution in [0.25, 0.3) is 11.3 Å². The van der Waals surface area contributed by atoms with Gasteiger partial charge in [0.15, 0.2) is 0 Å². The molecule has 6 nitrogen and oxygen atoms in total. The summed E-state index contributed by atoms with van der Waals surface area (Å²) in [6.07, 6.45) is 0. The van der Waals surface area contributed by atoms with Crippen molar-refractivity contribution in [2.75, 3.05) is 19.5 Å². The Balaban J connectivity index is 2.01. The Morgan fingerprint density at radius 2 is 1.97 bits per heavy atom. The number of amides is 1. The maximum atomic E-state index is 14.9. The number of carbonyl (C=O) groups is 2. The second-order valence-corrected chi connectivity index (χ2v) is 7.28. The second-order valence-electron chi connectivity index (χ2n) is 6.88. The fourth-order valence-electron chi connectivity index (χ4n) is 3.87. The van der Waals surface area contributed by atoms with Crippen molar-refractivity contribution >= 4 is 29.2 Å². The van der Waals surface area contributed by atoms with Gasteiger partial charge in [0.1, 0.15) is 11.6 Å². The molecule has 4 rings (SSSR count). The van der Waals surface area contributed by atoms with E-state index in [2.05, 4.69) is 10.3 Å².